The zero-order valence-electron chi connectivity index (χ0n) is 10.3. The monoisotopic (exact) mass is 355 g/mol. The molecule has 0 spiro atoms. The van der Waals surface area contributed by atoms with E-state index in [1.807, 2.05) is 0 Å². The van der Waals surface area contributed by atoms with E-state index >= 15 is 0 Å². The number of hydrogen-bond donors (Lipinski definition) is 2. The van der Waals surface area contributed by atoms with Crippen LogP contribution in [0.4, 0.5) is 0 Å². The van der Waals surface area contributed by atoms with Crippen molar-refractivity contribution in [2.24, 2.45) is 0 Å². The molecule has 0 aliphatic carbocycles. The first-order valence-electron chi connectivity index (χ1n) is 5.33. The topological polar surface area (TPSA) is 108 Å². The molecule has 9 heteroatoms. The summed E-state index contributed by atoms with van der Waals surface area (Å²) in [7, 11) is -2.51. The predicted molar refractivity (Wildman–Crippen MR) is 69.5 cm³/mol. The van der Waals surface area contributed by atoms with E-state index in [0.717, 1.165) is 10.4 Å². The number of aromatic carboxylic acids is 1. The van der Waals surface area contributed by atoms with Gasteiger partial charge in [-0.15, -0.1) is 0 Å². The molecular weight excluding hydrogens is 342 g/mol. The molecule has 0 aliphatic heterocycles. The van der Waals surface area contributed by atoms with Gasteiger partial charge in [0.25, 0.3) is 0 Å². The Balaban J connectivity index is 3.03. The molecule has 2 N–H and O–H groups in total. The molecule has 1 unspecified atom stereocenters. The third-order valence-electron chi connectivity index (χ3n) is 2.42. The van der Waals surface area contributed by atoms with Gasteiger partial charge < -0.3 is 14.6 Å². The van der Waals surface area contributed by atoms with Gasteiger partial charge in [0.05, 0.1) is 6.10 Å². The maximum atomic E-state index is 12.2. The minimum Gasteiger partial charge on any atom is -0.475 e. The van der Waals surface area contributed by atoms with E-state index in [0.29, 0.717) is 0 Å². The summed E-state index contributed by atoms with van der Waals surface area (Å²) in [4.78, 5) is 10.5. The number of nitrogens with zero attached hydrogens (tertiary/aromatic N) is 1. The zero-order valence-corrected chi connectivity index (χ0v) is 12.7. The average Bonchev–Trinajstić information content (AvgIpc) is 2.68. The highest BCUT2D eigenvalue weighted by atomic mass is 79.9. The fraction of sp³-hybridized carbons (Fsp3) is 0.500. The van der Waals surface area contributed by atoms with Crippen LogP contribution in [0.25, 0.3) is 0 Å². The normalized spacial score (nSPS) is 13.7. The first-order chi connectivity index (χ1) is 8.66. The Morgan fingerprint density at radius 3 is 2.58 bits per heavy atom. The summed E-state index contributed by atoms with van der Waals surface area (Å²) in [6.45, 7) is 1.66. The van der Waals surface area contributed by atoms with E-state index in [4.69, 9.17) is 14.6 Å². The van der Waals surface area contributed by atoms with Crippen LogP contribution in [-0.4, -0.2) is 48.6 Å². The first-order valence-corrected chi connectivity index (χ1v) is 7.56. The number of carboxylic acid groups (broad SMARTS) is 1. The molecule has 0 bridgehead atoms. The molecule has 1 heterocycles. The summed E-state index contributed by atoms with van der Waals surface area (Å²) in [6, 6.07) is 0.945. The maximum Gasteiger partial charge on any atom is 0.371 e. The van der Waals surface area contributed by atoms with Gasteiger partial charge in [-0.3, -0.25) is 0 Å². The average molecular weight is 356 g/mol. The van der Waals surface area contributed by atoms with Crippen molar-refractivity contribution in [3.63, 3.8) is 0 Å². The second-order valence-corrected chi connectivity index (χ2v) is 6.75. The van der Waals surface area contributed by atoms with Crippen molar-refractivity contribution in [2.45, 2.75) is 24.3 Å². The van der Waals surface area contributed by atoms with Crippen LogP contribution in [0, 0.1) is 0 Å². The number of halogens is 1. The fourth-order valence-corrected chi connectivity index (χ4v) is 3.37. The number of carboxylic acids is 1. The Hall–Kier alpha value is -0.900. The molecule has 7 nitrogen and oxygen atoms in total. The lowest BCUT2D eigenvalue weighted by Gasteiger charge is -2.16. The van der Waals surface area contributed by atoms with Crippen molar-refractivity contribution in [1.82, 2.24) is 4.31 Å². The van der Waals surface area contributed by atoms with Gasteiger partial charge in [-0.1, -0.05) is 0 Å². The van der Waals surface area contributed by atoms with Crippen molar-refractivity contribution in [3.8, 4) is 0 Å². The van der Waals surface area contributed by atoms with Crippen LogP contribution < -0.4 is 0 Å². The van der Waals surface area contributed by atoms with Gasteiger partial charge in [-0.2, -0.15) is 0 Å². The van der Waals surface area contributed by atoms with Crippen LogP contribution in [-0.2, 0) is 10.0 Å². The summed E-state index contributed by atoms with van der Waals surface area (Å²) < 4.78 is 30.0. The second-order valence-electron chi connectivity index (χ2n) is 4.02. The van der Waals surface area contributed by atoms with Crippen molar-refractivity contribution >= 4 is 31.9 Å². The molecule has 1 aromatic heterocycles. The predicted octanol–water partition coefficient (Wildman–Crippen LogP) is 1.13. The minimum absolute atomic E-state index is 0.111. The lowest BCUT2D eigenvalue weighted by molar-refractivity contribution is 0.0661. The van der Waals surface area contributed by atoms with Gasteiger partial charge >= 0.3 is 5.97 Å². The molecule has 0 aromatic carbocycles. The summed E-state index contributed by atoms with van der Waals surface area (Å²) in [6.07, 6.45) is -0.350. The van der Waals surface area contributed by atoms with Gasteiger partial charge in [-0.25, -0.2) is 17.5 Å². The molecule has 0 saturated carbocycles. The van der Waals surface area contributed by atoms with Crippen LogP contribution in [0.1, 0.15) is 23.9 Å². The summed E-state index contributed by atoms with van der Waals surface area (Å²) in [5, 5.41) is 17.9. The van der Waals surface area contributed by atoms with E-state index in [9.17, 15) is 13.2 Å². The van der Waals surface area contributed by atoms with Crippen molar-refractivity contribution in [2.75, 3.05) is 13.6 Å². The van der Waals surface area contributed by atoms with Crippen molar-refractivity contribution < 1.29 is 27.8 Å². The number of sulfonamides is 1. The standard InChI is InChI=1S/C10H14BrNO6S/c1-6(13)3-4-12(2)19(16,17)8-5-7(10(14)15)18-9(8)11/h5-6,13H,3-4H2,1-2H3,(H,14,15). The van der Waals surface area contributed by atoms with Crippen LogP contribution in [0.15, 0.2) is 20.0 Å². The molecule has 0 saturated heterocycles. The number of aliphatic hydroxyl groups excluding tert-OH is 1. The molecule has 0 amide bonds. The maximum absolute atomic E-state index is 12.2. The quantitative estimate of drug-likeness (QED) is 0.791. The van der Waals surface area contributed by atoms with Crippen molar-refractivity contribution in [3.05, 3.63) is 16.5 Å². The molecule has 19 heavy (non-hydrogen) atoms. The Bertz CT molecular complexity index is 565. The third-order valence-corrected chi connectivity index (χ3v) is 5.13. The lowest BCUT2D eigenvalue weighted by Crippen LogP contribution is -2.29. The van der Waals surface area contributed by atoms with Gasteiger partial charge in [0.15, 0.2) is 4.67 Å². The van der Waals surface area contributed by atoms with Crippen LogP contribution in [0.2, 0.25) is 0 Å². The van der Waals surface area contributed by atoms with Gasteiger partial charge in [0, 0.05) is 19.7 Å². The summed E-state index contributed by atoms with van der Waals surface area (Å²) in [5.41, 5.74) is 0. The Kier molecular flexibility index (Phi) is 5.13. The molecule has 0 aliphatic rings. The highest BCUT2D eigenvalue weighted by Gasteiger charge is 2.28. The summed E-state index contributed by atoms with van der Waals surface area (Å²) in [5.74, 6) is -1.82. The van der Waals surface area contributed by atoms with Crippen LogP contribution in [0.5, 0.6) is 0 Å². The van der Waals surface area contributed by atoms with E-state index in [1.54, 1.807) is 6.92 Å². The van der Waals surface area contributed by atoms with Gasteiger partial charge in [0.2, 0.25) is 15.8 Å². The van der Waals surface area contributed by atoms with Gasteiger partial charge in [-0.05, 0) is 29.3 Å². The molecule has 1 rings (SSSR count). The number of aliphatic hydroxyl groups is 1. The smallest absolute Gasteiger partial charge is 0.371 e. The van der Waals surface area contributed by atoms with Crippen LogP contribution in [0.3, 0.4) is 0 Å². The third kappa shape index (κ3) is 3.78. The number of carbonyl (C=O) groups is 1. The number of furan rings is 1. The van der Waals surface area contributed by atoms with Crippen molar-refractivity contribution in [1.29, 1.82) is 0 Å². The highest BCUT2D eigenvalue weighted by Crippen LogP contribution is 2.28. The van der Waals surface area contributed by atoms with E-state index in [1.165, 1.54) is 7.05 Å². The fourth-order valence-electron chi connectivity index (χ4n) is 1.29. The van der Waals surface area contributed by atoms with E-state index in [-0.39, 0.29) is 22.5 Å². The molecule has 1 aromatic rings. The Morgan fingerprint density at radius 1 is 1.58 bits per heavy atom. The SMILES string of the molecule is CC(O)CCN(C)S(=O)(=O)c1cc(C(=O)O)oc1Br. The molecule has 1 atom stereocenters. The second kappa shape index (κ2) is 6.04. The number of rotatable bonds is 6. The molecule has 108 valence electrons. The minimum atomic E-state index is -3.86. The largest absolute Gasteiger partial charge is 0.475 e. The van der Waals surface area contributed by atoms with Gasteiger partial charge in [0.1, 0.15) is 4.90 Å². The summed E-state index contributed by atoms with van der Waals surface area (Å²) >= 11 is 2.88. The number of hydrogen-bond acceptors (Lipinski definition) is 5. The van der Waals surface area contributed by atoms with E-state index < -0.39 is 27.9 Å². The Labute approximate surface area is 119 Å². The van der Waals surface area contributed by atoms with Crippen LogP contribution >= 0.6 is 15.9 Å². The molecule has 0 radical (unpaired) electrons. The molecular formula is C10H14BrNO6S. The Morgan fingerprint density at radius 2 is 2.16 bits per heavy atom. The molecule has 0 fully saturated rings. The zero-order chi connectivity index (χ0) is 14.8. The lowest BCUT2D eigenvalue weighted by atomic mass is 10.3. The first kappa shape index (κ1) is 16.2. The highest BCUT2D eigenvalue weighted by molar-refractivity contribution is 9.10. The van der Waals surface area contributed by atoms with E-state index in [2.05, 4.69) is 15.9 Å².